The van der Waals surface area contributed by atoms with Crippen molar-refractivity contribution in [3.05, 3.63) is 35.7 Å². The molecule has 3 rings (SSSR count). The molecule has 102 valence electrons. The van der Waals surface area contributed by atoms with E-state index in [-0.39, 0.29) is 12.2 Å². The Bertz CT molecular complexity index is 495. The van der Waals surface area contributed by atoms with E-state index in [1.165, 1.54) is 11.1 Å². The molecule has 19 heavy (non-hydrogen) atoms. The fourth-order valence-electron chi connectivity index (χ4n) is 3.07. The first-order valence-corrected chi connectivity index (χ1v) is 7.33. The maximum Gasteiger partial charge on any atom is 0.151 e. The van der Waals surface area contributed by atoms with Gasteiger partial charge in [0, 0.05) is 18.7 Å². The number of ketones is 1. The number of fused-ring (bicyclic) bond motifs is 3. The Kier molecular flexibility index (Phi) is 3.27. The molecule has 0 aromatic heterocycles. The molecule has 1 saturated heterocycles. The van der Waals surface area contributed by atoms with E-state index in [0.717, 1.165) is 0 Å². The Morgan fingerprint density at radius 3 is 3.00 bits per heavy atom. The largest absolute Gasteiger partial charge is 0.367 e. The van der Waals surface area contributed by atoms with Crippen LogP contribution in [0.3, 0.4) is 0 Å². The number of hydrogen-bond acceptors (Lipinski definition) is 4. The number of allylic oxidation sites excluding steroid dienone is 2. The van der Waals surface area contributed by atoms with Crippen molar-refractivity contribution in [1.82, 2.24) is 14.1 Å². The van der Waals surface area contributed by atoms with Crippen LogP contribution in [0.15, 0.2) is 35.7 Å². The monoisotopic (exact) mass is 323 g/mol. The highest BCUT2D eigenvalue weighted by atomic mass is 79.9. The van der Waals surface area contributed by atoms with Crippen molar-refractivity contribution in [2.45, 2.75) is 38.5 Å². The Morgan fingerprint density at radius 2 is 2.26 bits per heavy atom. The lowest BCUT2D eigenvalue weighted by atomic mass is 9.84. The topological polar surface area (TPSA) is 35.6 Å². The molecule has 5 heteroatoms. The van der Waals surface area contributed by atoms with Gasteiger partial charge in [-0.2, -0.15) is 0 Å². The number of likely N-dealkylation sites (tertiary alicyclic amines) is 1. The van der Waals surface area contributed by atoms with Crippen molar-refractivity contribution < 1.29 is 4.79 Å². The van der Waals surface area contributed by atoms with Crippen LogP contribution in [0.5, 0.6) is 0 Å². The van der Waals surface area contributed by atoms with Crippen molar-refractivity contribution in [3.63, 3.8) is 0 Å². The summed E-state index contributed by atoms with van der Waals surface area (Å²) in [6, 6.07) is 0.598. The molecule has 0 aromatic carbocycles. The number of hydrogen-bond donors (Lipinski definition) is 1. The lowest BCUT2D eigenvalue weighted by Crippen LogP contribution is -2.56. The number of carbonyl (C=O) groups is 1. The van der Waals surface area contributed by atoms with Crippen LogP contribution in [0.2, 0.25) is 0 Å². The van der Waals surface area contributed by atoms with Gasteiger partial charge in [-0.05, 0) is 37.3 Å². The first-order chi connectivity index (χ1) is 9.08. The summed E-state index contributed by atoms with van der Waals surface area (Å²) >= 11 is 3.56. The van der Waals surface area contributed by atoms with Gasteiger partial charge < -0.3 is 5.32 Å². The Hall–Kier alpha value is -1.07. The molecule has 1 N–H and O–H groups in total. The lowest BCUT2D eigenvalue weighted by Gasteiger charge is -2.47. The number of halogens is 1. The minimum absolute atomic E-state index is 0.133. The first kappa shape index (κ1) is 12.9. The summed E-state index contributed by atoms with van der Waals surface area (Å²) in [5.41, 5.74) is 2.49. The molecule has 2 unspecified atom stereocenters. The van der Waals surface area contributed by atoms with Gasteiger partial charge in [0.2, 0.25) is 0 Å². The molecule has 0 aromatic rings. The lowest BCUT2D eigenvalue weighted by molar-refractivity contribution is -0.122. The van der Waals surface area contributed by atoms with Gasteiger partial charge in [-0.25, -0.2) is 0 Å². The van der Waals surface area contributed by atoms with E-state index in [1.807, 2.05) is 16.2 Å². The number of dihydropyridines is 1. The maximum absolute atomic E-state index is 11.9. The number of nitrogens with zero attached hydrogens (tertiary/aromatic N) is 2. The molecule has 0 saturated carbocycles. The number of rotatable bonds is 1. The molecule has 0 bridgehead atoms. The van der Waals surface area contributed by atoms with Gasteiger partial charge in [0.15, 0.2) is 5.78 Å². The van der Waals surface area contributed by atoms with Crippen LogP contribution >= 0.6 is 16.1 Å². The molecule has 4 nitrogen and oxygen atoms in total. The molecule has 2 atom stereocenters. The minimum Gasteiger partial charge on any atom is -0.367 e. The zero-order chi connectivity index (χ0) is 13.6. The van der Waals surface area contributed by atoms with Gasteiger partial charge in [-0.15, -0.1) is 0 Å². The second kappa shape index (κ2) is 4.80. The Balaban J connectivity index is 2.05. The molecule has 0 radical (unpaired) electrons. The third-order valence-electron chi connectivity index (χ3n) is 3.91. The van der Waals surface area contributed by atoms with Crippen molar-refractivity contribution >= 4 is 21.9 Å². The van der Waals surface area contributed by atoms with E-state index in [0.29, 0.717) is 24.8 Å². The van der Waals surface area contributed by atoms with Crippen LogP contribution in [0.4, 0.5) is 0 Å². The van der Waals surface area contributed by atoms with Gasteiger partial charge in [-0.1, -0.05) is 6.08 Å². The van der Waals surface area contributed by atoms with Gasteiger partial charge in [0.05, 0.1) is 28.7 Å². The van der Waals surface area contributed by atoms with Crippen LogP contribution in [0.1, 0.15) is 20.3 Å². The van der Waals surface area contributed by atoms with E-state index in [9.17, 15) is 4.79 Å². The fraction of sp³-hybridized carbons (Fsp3) is 0.500. The molecule has 0 spiro atoms. The summed E-state index contributed by atoms with van der Waals surface area (Å²) in [6.07, 6.45) is 8.90. The predicted molar refractivity (Wildman–Crippen MR) is 78.2 cm³/mol. The van der Waals surface area contributed by atoms with Gasteiger partial charge in [0.25, 0.3) is 0 Å². The molecule has 0 aliphatic carbocycles. The van der Waals surface area contributed by atoms with E-state index in [1.54, 1.807) is 0 Å². The molecule has 3 heterocycles. The third-order valence-corrected chi connectivity index (χ3v) is 4.53. The van der Waals surface area contributed by atoms with Crippen LogP contribution in [-0.2, 0) is 4.79 Å². The zero-order valence-electron chi connectivity index (χ0n) is 11.1. The van der Waals surface area contributed by atoms with Gasteiger partial charge >= 0.3 is 0 Å². The molecule has 3 aliphatic rings. The Labute approximate surface area is 122 Å². The number of piperidine rings is 1. The highest BCUT2D eigenvalue weighted by Gasteiger charge is 2.41. The predicted octanol–water partition coefficient (Wildman–Crippen LogP) is 1.92. The summed E-state index contributed by atoms with van der Waals surface area (Å²) < 4.78 is 1.98. The summed E-state index contributed by atoms with van der Waals surface area (Å²) in [5.74, 6) is 0.301. The van der Waals surface area contributed by atoms with Gasteiger partial charge in [-0.3, -0.25) is 13.6 Å². The molecule has 1 fully saturated rings. The number of nitrogens with one attached hydrogen (secondary N) is 1. The molecule has 0 amide bonds. The van der Waals surface area contributed by atoms with Crippen LogP contribution < -0.4 is 5.32 Å². The SMILES string of the molecule is CC(C)N1CC(=O)CC2=CN(Br)C3NC=CC=C3C21. The summed E-state index contributed by atoms with van der Waals surface area (Å²) in [6.45, 7) is 4.85. The average molecular weight is 324 g/mol. The van der Waals surface area contributed by atoms with Gasteiger partial charge in [0.1, 0.15) is 6.17 Å². The number of Topliss-reactive ketones (excluding diaryl/α,β-unsaturated/α-hetero) is 1. The summed E-state index contributed by atoms with van der Waals surface area (Å²) in [4.78, 5) is 14.2. The minimum atomic E-state index is 0.133. The van der Waals surface area contributed by atoms with Crippen molar-refractivity contribution in [2.24, 2.45) is 0 Å². The van der Waals surface area contributed by atoms with Crippen LogP contribution in [0, 0.1) is 0 Å². The van der Waals surface area contributed by atoms with E-state index < -0.39 is 0 Å². The summed E-state index contributed by atoms with van der Waals surface area (Å²) in [7, 11) is 0. The quantitative estimate of drug-likeness (QED) is 0.748. The third kappa shape index (κ3) is 2.15. The van der Waals surface area contributed by atoms with E-state index >= 15 is 0 Å². The summed E-state index contributed by atoms with van der Waals surface area (Å²) in [5, 5.41) is 3.35. The van der Waals surface area contributed by atoms with Crippen molar-refractivity contribution in [2.75, 3.05) is 6.54 Å². The maximum atomic E-state index is 11.9. The molecule has 3 aliphatic heterocycles. The smallest absolute Gasteiger partial charge is 0.151 e. The van der Waals surface area contributed by atoms with E-state index in [4.69, 9.17) is 0 Å². The standard InChI is InChI=1S/C14H18BrN3O/c1-9(2)17-8-11(19)6-10-7-18(15)14-12(13(10)17)4-3-5-16-14/h3-5,7,9,13-14,16H,6,8H2,1-2H3. The van der Waals surface area contributed by atoms with Crippen LogP contribution in [-0.4, -0.2) is 39.4 Å². The first-order valence-electron chi connectivity index (χ1n) is 6.62. The fourth-order valence-corrected chi connectivity index (χ4v) is 3.69. The molecular formula is C14H18BrN3O. The van der Waals surface area contributed by atoms with Crippen LogP contribution in [0.25, 0.3) is 0 Å². The zero-order valence-corrected chi connectivity index (χ0v) is 12.7. The highest BCUT2D eigenvalue weighted by Crippen LogP contribution is 2.37. The molecular weight excluding hydrogens is 306 g/mol. The Morgan fingerprint density at radius 1 is 1.47 bits per heavy atom. The van der Waals surface area contributed by atoms with Crippen molar-refractivity contribution in [3.8, 4) is 0 Å². The average Bonchev–Trinajstić information content (AvgIpc) is 2.37. The van der Waals surface area contributed by atoms with E-state index in [2.05, 4.69) is 52.5 Å². The normalized spacial score (nSPS) is 30.5. The van der Waals surface area contributed by atoms with Crippen molar-refractivity contribution in [1.29, 1.82) is 0 Å². The second-order valence-electron chi connectivity index (χ2n) is 5.53. The number of carbonyl (C=O) groups excluding carboxylic acids is 1. The second-order valence-corrected chi connectivity index (χ2v) is 6.35. The highest BCUT2D eigenvalue weighted by molar-refractivity contribution is 9.07.